The highest BCUT2D eigenvalue weighted by Gasteiger charge is 2.16. The first kappa shape index (κ1) is 9.63. The van der Waals surface area contributed by atoms with Crippen LogP contribution in [-0.4, -0.2) is 23.3 Å². The Hall–Kier alpha value is -1.58. The van der Waals surface area contributed by atoms with Crippen LogP contribution in [0.4, 0.5) is 10.2 Å². The van der Waals surface area contributed by atoms with Crippen LogP contribution in [0.15, 0.2) is 18.2 Å². The first-order valence-corrected chi connectivity index (χ1v) is 5.73. The number of benzene rings is 1. The minimum absolute atomic E-state index is 0.221. The van der Waals surface area contributed by atoms with E-state index in [4.69, 9.17) is 0 Å². The summed E-state index contributed by atoms with van der Waals surface area (Å²) in [5, 5.41) is 8.21. The molecule has 2 aromatic rings. The average molecular weight is 219 g/mol. The quantitative estimate of drug-likeness (QED) is 0.799. The normalized spacial score (nSPS) is 16.9. The third-order valence-corrected chi connectivity index (χ3v) is 3.16. The topological polar surface area (TPSA) is 31.9 Å². The van der Waals surface area contributed by atoms with E-state index in [0.29, 0.717) is 0 Å². The summed E-state index contributed by atoms with van der Waals surface area (Å²) in [6, 6.07) is 4.79. The fourth-order valence-corrected chi connectivity index (χ4v) is 2.32. The lowest BCUT2D eigenvalue weighted by molar-refractivity contribution is 0.574. The van der Waals surface area contributed by atoms with E-state index in [9.17, 15) is 4.39 Å². The predicted molar refractivity (Wildman–Crippen MR) is 62.1 cm³/mol. The summed E-state index contributed by atoms with van der Waals surface area (Å²) in [7, 11) is 0. The summed E-state index contributed by atoms with van der Waals surface area (Å²) in [6.07, 6.45) is 3.73. The fraction of sp³-hybridized carbons (Fsp3) is 0.417. The van der Waals surface area contributed by atoms with Gasteiger partial charge in [0.1, 0.15) is 5.82 Å². The molecule has 3 nitrogen and oxygen atoms in total. The van der Waals surface area contributed by atoms with Gasteiger partial charge in [-0.1, -0.05) is 0 Å². The van der Waals surface area contributed by atoms with Gasteiger partial charge in [0, 0.05) is 18.5 Å². The number of aromatic amines is 1. The smallest absolute Gasteiger partial charge is 0.158 e. The maximum absolute atomic E-state index is 13.0. The molecule has 84 valence electrons. The van der Waals surface area contributed by atoms with Gasteiger partial charge in [0.15, 0.2) is 5.82 Å². The van der Waals surface area contributed by atoms with E-state index in [1.165, 1.54) is 31.4 Å². The number of hydrogen-bond acceptors (Lipinski definition) is 2. The van der Waals surface area contributed by atoms with Gasteiger partial charge in [0.05, 0.1) is 5.52 Å². The standard InChI is InChI=1S/C12H14FN3/c13-9-4-5-10-11(8-9)14-15-12(10)16-6-2-1-3-7-16/h4-5,8H,1-3,6-7H2,(H,14,15). The minimum atomic E-state index is -0.221. The molecular weight excluding hydrogens is 205 g/mol. The second-order valence-corrected chi connectivity index (χ2v) is 4.28. The van der Waals surface area contributed by atoms with Crippen LogP contribution >= 0.6 is 0 Å². The highest BCUT2D eigenvalue weighted by Crippen LogP contribution is 2.26. The van der Waals surface area contributed by atoms with E-state index in [1.807, 2.05) is 0 Å². The molecule has 1 aliphatic rings. The lowest BCUT2D eigenvalue weighted by Gasteiger charge is -2.26. The molecule has 4 heteroatoms. The highest BCUT2D eigenvalue weighted by atomic mass is 19.1. The van der Waals surface area contributed by atoms with Crippen LogP contribution in [0.2, 0.25) is 0 Å². The third kappa shape index (κ3) is 1.54. The Morgan fingerprint density at radius 3 is 2.81 bits per heavy atom. The number of nitrogens with one attached hydrogen (secondary N) is 1. The molecule has 0 unspecified atom stereocenters. The number of rotatable bonds is 1. The Morgan fingerprint density at radius 1 is 1.19 bits per heavy atom. The number of H-pyrrole nitrogens is 1. The predicted octanol–water partition coefficient (Wildman–Crippen LogP) is 2.69. The van der Waals surface area contributed by atoms with Crippen molar-refractivity contribution < 1.29 is 4.39 Å². The molecule has 2 heterocycles. The van der Waals surface area contributed by atoms with Crippen molar-refractivity contribution in [1.82, 2.24) is 10.2 Å². The van der Waals surface area contributed by atoms with Crippen molar-refractivity contribution in [3.05, 3.63) is 24.0 Å². The van der Waals surface area contributed by atoms with Crippen LogP contribution in [0.1, 0.15) is 19.3 Å². The van der Waals surface area contributed by atoms with Gasteiger partial charge in [-0.05, 0) is 37.5 Å². The number of hydrogen-bond donors (Lipinski definition) is 1. The molecule has 16 heavy (non-hydrogen) atoms. The van der Waals surface area contributed by atoms with Crippen LogP contribution < -0.4 is 4.90 Å². The molecule has 1 aromatic carbocycles. The number of piperidine rings is 1. The van der Waals surface area contributed by atoms with Gasteiger partial charge in [-0.2, -0.15) is 5.10 Å². The number of halogens is 1. The van der Waals surface area contributed by atoms with Crippen LogP contribution in [0, 0.1) is 5.82 Å². The van der Waals surface area contributed by atoms with Crippen LogP contribution in [-0.2, 0) is 0 Å². The van der Waals surface area contributed by atoms with Crippen molar-refractivity contribution in [2.45, 2.75) is 19.3 Å². The number of fused-ring (bicyclic) bond motifs is 1. The van der Waals surface area contributed by atoms with Crippen molar-refractivity contribution in [3.8, 4) is 0 Å². The van der Waals surface area contributed by atoms with E-state index in [2.05, 4.69) is 15.1 Å². The second-order valence-electron chi connectivity index (χ2n) is 4.28. The van der Waals surface area contributed by atoms with Crippen molar-refractivity contribution in [2.24, 2.45) is 0 Å². The van der Waals surface area contributed by atoms with Crippen LogP contribution in [0.5, 0.6) is 0 Å². The molecule has 0 atom stereocenters. The Bertz CT molecular complexity index is 500. The van der Waals surface area contributed by atoms with Crippen molar-refractivity contribution in [2.75, 3.05) is 18.0 Å². The Morgan fingerprint density at radius 2 is 2.00 bits per heavy atom. The van der Waals surface area contributed by atoms with E-state index in [1.54, 1.807) is 6.07 Å². The first-order valence-electron chi connectivity index (χ1n) is 5.73. The van der Waals surface area contributed by atoms with Crippen molar-refractivity contribution >= 4 is 16.7 Å². The number of aromatic nitrogens is 2. The van der Waals surface area contributed by atoms with Gasteiger partial charge in [-0.25, -0.2) is 4.39 Å². The Kier molecular flexibility index (Phi) is 2.27. The van der Waals surface area contributed by atoms with Crippen LogP contribution in [0.25, 0.3) is 10.9 Å². The van der Waals surface area contributed by atoms with Gasteiger partial charge < -0.3 is 4.90 Å². The molecule has 1 saturated heterocycles. The van der Waals surface area contributed by atoms with Gasteiger partial charge in [-0.3, -0.25) is 5.10 Å². The Balaban J connectivity index is 2.03. The zero-order chi connectivity index (χ0) is 11.0. The summed E-state index contributed by atoms with van der Waals surface area (Å²) in [4.78, 5) is 2.28. The maximum atomic E-state index is 13.0. The van der Waals surface area contributed by atoms with Gasteiger partial charge >= 0.3 is 0 Å². The fourth-order valence-electron chi connectivity index (χ4n) is 2.32. The maximum Gasteiger partial charge on any atom is 0.158 e. The van der Waals surface area contributed by atoms with Crippen molar-refractivity contribution in [1.29, 1.82) is 0 Å². The number of nitrogens with zero attached hydrogens (tertiary/aromatic N) is 2. The molecule has 0 bridgehead atoms. The molecule has 0 amide bonds. The molecular formula is C12H14FN3. The molecule has 0 aliphatic carbocycles. The average Bonchev–Trinajstić information content (AvgIpc) is 2.73. The van der Waals surface area contributed by atoms with Gasteiger partial charge in [0.25, 0.3) is 0 Å². The zero-order valence-corrected chi connectivity index (χ0v) is 9.04. The first-order chi connectivity index (χ1) is 7.84. The molecule has 1 aromatic heterocycles. The lowest BCUT2D eigenvalue weighted by Crippen LogP contribution is -2.29. The summed E-state index contributed by atoms with van der Waals surface area (Å²) in [6.45, 7) is 2.11. The molecule has 1 fully saturated rings. The zero-order valence-electron chi connectivity index (χ0n) is 9.04. The van der Waals surface area contributed by atoms with Gasteiger partial charge in [-0.15, -0.1) is 0 Å². The van der Waals surface area contributed by atoms with E-state index >= 15 is 0 Å². The molecule has 1 N–H and O–H groups in total. The lowest BCUT2D eigenvalue weighted by atomic mass is 10.1. The van der Waals surface area contributed by atoms with Crippen LogP contribution in [0.3, 0.4) is 0 Å². The molecule has 3 rings (SSSR count). The monoisotopic (exact) mass is 219 g/mol. The Labute approximate surface area is 93.3 Å². The second kappa shape index (κ2) is 3.77. The van der Waals surface area contributed by atoms with E-state index < -0.39 is 0 Å². The molecule has 1 aliphatic heterocycles. The molecule has 0 saturated carbocycles. The molecule has 0 spiro atoms. The summed E-state index contributed by atoms with van der Waals surface area (Å²) in [5.41, 5.74) is 0.778. The summed E-state index contributed by atoms with van der Waals surface area (Å²) >= 11 is 0. The SMILES string of the molecule is Fc1ccc2c(N3CCCCC3)n[nH]c2c1. The third-order valence-electron chi connectivity index (χ3n) is 3.16. The van der Waals surface area contributed by atoms with Crippen molar-refractivity contribution in [3.63, 3.8) is 0 Å². The molecule has 0 radical (unpaired) electrons. The van der Waals surface area contributed by atoms with E-state index in [0.717, 1.165) is 29.8 Å². The summed E-state index contributed by atoms with van der Waals surface area (Å²) in [5.74, 6) is 0.746. The number of anilines is 1. The highest BCUT2D eigenvalue weighted by molar-refractivity contribution is 5.90. The van der Waals surface area contributed by atoms with Gasteiger partial charge in [0.2, 0.25) is 0 Å². The largest absolute Gasteiger partial charge is 0.355 e. The van der Waals surface area contributed by atoms with E-state index in [-0.39, 0.29) is 5.82 Å². The summed E-state index contributed by atoms with van der Waals surface area (Å²) < 4.78 is 13.0. The minimum Gasteiger partial charge on any atom is -0.355 e.